The van der Waals surface area contributed by atoms with Gasteiger partial charge in [-0.2, -0.15) is 0 Å². The first-order chi connectivity index (χ1) is 34.5. The highest BCUT2D eigenvalue weighted by molar-refractivity contribution is 5.80. The topological polar surface area (TPSA) is 110 Å². The normalized spacial score (nSPS) is 13.6. The summed E-state index contributed by atoms with van der Waals surface area (Å²) in [6.45, 7) is 4.11. The number of carbonyl (C=O) groups excluding carboxylic acids is 1. The molecule has 0 aliphatic heterocycles. The molecule has 0 bridgehead atoms. The van der Waals surface area contributed by atoms with Crippen LogP contribution in [0.25, 0.3) is 0 Å². The highest BCUT2D eigenvalue weighted by Crippen LogP contribution is 2.19. The van der Waals surface area contributed by atoms with Gasteiger partial charge in [-0.3, -0.25) is 4.79 Å². The third-order valence-electron chi connectivity index (χ3n) is 15.5. The molecule has 70 heavy (non-hydrogen) atoms. The van der Waals surface area contributed by atoms with Crippen LogP contribution in [0.15, 0.2) is 12.2 Å². The molecule has 0 saturated carbocycles. The average Bonchev–Trinajstić information content (AvgIpc) is 3.36. The van der Waals surface area contributed by atoms with Gasteiger partial charge in [0.2, 0.25) is 5.91 Å². The smallest absolute Gasteiger partial charge is 0.249 e. The zero-order chi connectivity index (χ0) is 50.9. The molecule has 0 aliphatic carbocycles. The van der Waals surface area contributed by atoms with Gasteiger partial charge in [-0.1, -0.05) is 334 Å². The van der Waals surface area contributed by atoms with Crippen LogP contribution in [0.4, 0.5) is 0 Å². The maximum absolute atomic E-state index is 12.6. The second-order valence-electron chi connectivity index (χ2n) is 22.5. The van der Waals surface area contributed by atoms with E-state index in [1.165, 1.54) is 295 Å². The minimum atomic E-state index is -1.26. The largest absolute Gasteiger partial charge is 0.394 e. The van der Waals surface area contributed by atoms with E-state index >= 15 is 0 Å². The molecule has 0 radical (unpaired) electrons. The summed E-state index contributed by atoms with van der Waals surface area (Å²) in [4.78, 5) is 12.6. The van der Waals surface area contributed by atoms with Gasteiger partial charge in [0.15, 0.2) is 0 Å². The molecule has 4 atom stereocenters. The third kappa shape index (κ3) is 51.9. The second kappa shape index (κ2) is 58.9. The fraction of sp³-hybridized carbons (Fsp3) is 0.953. The SMILES string of the molecule is CCCCCCCCCCCCCC/C=C\CCCCCCCCCCCCCCC(O)C(=O)NC(CO)C(O)C(O)CCCCCCCCCCCCCCCCCCCCCCCCCCCC. The lowest BCUT2D eigenvalue weighted by Gasteiger charge is -2.27. The molecule has 418 valence electrons. The van der Waals surface area contributed by atoms with Crippen LogP contribution in [0.2, 0.25) is 0 Å². The fourth-order valence-electron chi connectivity index (χ4n) is 10.5. The minimum Gasteiger partial charge on any atom is -0.394 e. The monoisotopic (exact) mass is 990 g/mol. The third-order valence-corrected chi connectivity index (χ3v) is 15.5. The van der Waals surface area contributed by atoms with E-state index in [0.29, 0.717) is 12.8 Å². The van der Waals surface area contributed by atoms with E-state index in [-0.39, 0.29) is 0 Å². The average molecular weight is 991 g/mol. The Morgan fingerprint density at radius 2 is 0.571 bits per heavy atom. The molecule has 0 aromatic heterocycles. The van der Waals surface area contributed by atoms with Crippen LogP contribution < -0.4 is 5.32 Å². The number of rotatable bonds is 60. The molecule has 6 nitrogen and oxygen atoms in total. The van der Waals surface area contributed by atoms with E-state index in [9.17, 15) is 25.2 Å². The van der Waals surface area contributed by atoms with Gasteiger partial charge in [0.05, 0.1) is 18.8 Å². The van der Waals surface area contributed by atoms with Crippen molar-refractivity contribution in [3.8, 4) is 0 Å². The Labute approximate surface area is 438 Å². The van der Waals surface area contributed by atoms with Crippen molar-refractivity contribution in [2.75, 3.05) is 6.61 Å². The lowest BCUT2D eigenvalue weighted by atomic mass is 9.99. The van der Waals surface area contributed by atoms with Crippen molar-refractivity contribution in [1.82, 2.24) is 5.32 Å². The first kappa shape index (κ1) is 69.0. The highest BCUT2D eigenvalue weighted by atomic mass is 16.3. The molecular weight excluding hydrogens is 863 g/mol. The van der Waals surface area contributed by atoms with Crippen LogP contribution in [-0.4, -0.2) is 57.3 Å². The molecule has 0 fully saturated rings. The molecule has 0 heterocycles. The summed E-state index contributed by atoms with van der Waals surface area (Å²) in [5, 5.41) is 44.2. The van der Waals surface area contributed by atoms with Crippen LogP contribution in [0.5, 0.6) is 0 Å². The summed E-state index contributed by atoms with van der Waals surface area (Å²) in [7, 11) is 0. The lowest BCUT2D eigenvalue weighted by Crippen LogP contribution is -2.53. The first-order valence-corrected chi connectivity index (χ1v) is 32.1. The number of aliphatic hydroxyl groups is 4. The van der Waals surface area contributed by atoms with E-state index in [4.69, 9.17) is 0 Å². The summed E-state index contributed by atoms with van der Waals surface area (Å²) < 4.78 is 0. The van der Waals surface area contributed by atoms with Gasteiger partial charge in [-0.25, -0.2) is 0 Å². The quantitative estimate of drug-likeness (QED) is 0.0308. The molecular formula is C64H127NO5. The molecule has 0 spiro atoms. The van der Waals surface area contributed by atoms with Crippen molar-refractivity contribution in [2.24, 2.45) is 0 Å². The fourth-order valence-corrected chi connectivity index (χ4v) is 10.5. The van der Waals surface area contributed by atoms with Crippen molar-refractivity contribution in [1.29, 1.82) is 0 Å². The number of unbranched alkanes of at least 4 members (excludes halogenated alkanes) is 49. The number of hydrogen-bond acceptors (Lipinski definition) is 5. The van der Waals surface area contributed by atoms with Gasteiger partial charge in [0, 0.05) is 0 Å². The Bertz CT molecular complexity index is 1020. The van der Waals surface area contributed by atoms with Gasteiger partial charge in [-0.15, -0.1) is 0 Å². The summed E-state index contributed by atoms with van der Waals surface area (Å²) in [6, 6.07) is -0.984. The highest BCUT2D eigenvalue weighted by Gasteiger charge is 2.28. The predicted molar refractivity (Wildman–Crippen MR) is 307 cm³/mol. The van der Waals surface area contributed by atoms with Crippen molar-refractivity contribution < 1.29 is 25.2 Å². The molecule has 0 aromatic rings. The Balaban J connectivity index is 3.56. The number of aliphatic hydroxyl groups excluding tert-OH is 4. The molecule has 1 amide bonds. The maximum atomic E-state index is 12.6. The van der Waals surface area contributed by atoms with Gasteiger partial charge < -0.3 is 25.7 Å². The number of nitrogens with one attached hydrogen (secondary N) is 1. The number of allylic oxidation sites excluding steroid dienone is 2. The van der Waals surface area contributed by atoms with Gasteiger partial charge in [0.25, 0.3) is 0 Å². The molecule has 6 heteroatoms. The van der Waals surface area contributed by atoms with Crippen molar-refractivity contribution in [3.63, 3.8) is 0 Å². The number of carbonyl (C=O) groups is 1. The molecule has 4 unspecified atom stereocenters. The van der Waals surface area contributed by atoms with E-state index in [2.05, 4.69) is 31.3 Å². The first-order valence-electron chi connectivity index (χ1n) is 32.1. The lowest BCUT2D eigenvalue weighted by molar-refractivity contribution is -0.132. The molecule has 0 saturated heterocycles. The van der Waals surface area contributed by atoms with E-state index in [1.54, 1.807) is 0 Å². The van der Waals surface area contributed by atoms with E-state index < -0.39 is 36.9 Å². The van der Waals surface area contributed by atoms with Crippen LogP contribution in [0.3, 0.4) is 0 Å². The zero-order valence-corrected chi connectivity index (χ0v) is 47.6. The molecule has 0 aliphatic rings. The van der Waals surface area contributed by atoms with E-state index in [1.807, 2.05) is 0 Å². The summed E-state index contributed by atoms with van der Waals surface area (Å²) in [5.74, 6) is -0.577. The molecule has 5 N–H and O–H groups in total. The van der Waals surface area contributed by atoms with Crippen LogP contribution in [-0.2, 0) is 4.79 Å². The molecule has 0 rings (SSSR count). The zero-order valence-electron chi connectivity index (χ0n) is 47.6. The number of hydrogen-bond donors (Lipinski definition) is 5. The van der Waals surface area contributed by atoms with Crippen molar-refractivity contribution >= 4 is 5.91 Å². The maximum Gasteiger partial charge on any atom is 0.249 e. The van der Waals surface area contributed by atoms with Crippen LogP contribution >= 0.6 is 0 Å². The second-order valence-corrected chi connectivity index (χ2v) is 22.5. The van der Waals surface area contributed by atoms with Gasteiger partial charge in [-0.05, 0) is 38.5 Å². The summed E-state index contributed by atoms with van der Waals surface area (Å²) in [5.41, 5.74) is 0. The van der Waals surface area contributed by atoms with Crippen molar-refractivity contribution in [3.05, 3.63) is 12.2 Å². The minimum absolute atomic E-state index is 0.372. The number of amides is 1. The Kier molecular flexibility index (Phi) is 58.1. The van der Waals surface area contributed by atoms with E-state index in [0.717, 1.165) is 38.5 Å². The van der Waals surface area contributed by atoms with Gasteiger partial charge >= 0.3 is 0 Å². The Hall–Kier alpha value is -0.950. The summed E-state index contributed by atoms with van der Waals surface area (Å²) >= 11 is 0. The van der Waals surface area contributed by atoms with Crippen LogP contribution in [0.1, 0.15) is 361 Å². The van der Waals surface area contributed by atoms with Crippen LogP contribution in [0, 0.1) is 0 Å². The predicted octanol–water partition coefficient (Wildman–Crippen LogP) is 19.2. The standard InChI is InChI=1S/C64H127NO5/c1-3-5-7-9-11-13-15-17-19-21-23-25-27-29-31-32-34-36-38-40-42-44-46-48-50-52-54-56-58-62(68)64(70)65-60(59-66)63(69)61(67)57-55-53-51-49-47-45-43-41-39-37-35-33-30-28-26-24-22-20-18-16-14-12-10-8-6-4-2/h29,31,60-63,66-69H,3-28,30,32-59H2,1-2H3,(H,65,70)/b31-29-. The Morgan fingerprint density at radius 1 is 0.343 bits per heavy atom. The van der Waals surface area contributed by atoms with Crippen molar-refractivity contribution in [2.45, 2.75) is 385 Å². The Morgan fingerprint density at radius 3 is 0.829 bits per heavy atom. The summed E-state index contributed by atoms with van der Waals surface area (Å²) in [6.07, 6.45) is 71.6. The van der Waals surface area contributed by atoms with Gasteiger partial charge in [0.1, 0.15) is 12.2 Å². The molecule has 0 aromatic carbocycles.